The minimum Gasteiger partial charge on any atom is -0.331 e. The summed E-state index contributed by atoms with van der Waals surface area (Å²) in [7, 11) is 0. The molecule has 7 nitrogen and oxygen atoms in total. The number of aromatic nitrogens is 3. The molecule has 2 amide bonds. The van der Waals surface area contributed by atoms with Crippen molar-refractivity contribution in [2.45, 2.75) is 19.4 Å². The van der Waals surface area contributed by atoms with Gasteiger partial charge in [-0.3, -0.25) is 20.3 Å². The second-order valence-corrected chi connectivity index (χ2v) is 5.74. The first-order valence-electron chi connectivity index (χ1n) is 7.46. The Labute approximate surface area is 142 Å². The molecule has 24 heavy (non-hydrogen) atoms. The highest BCUT2D eigenvalue weighted by Gasteiger charge is 2.13. The van der Waals surface area contributed by atoms with Gasteiger partial charge >= 0.3 is 6.03 Å². The fourth-order valence-electron chi connectivity index (χ4n) is 2.43. The smallest absolute Gasteiger partial charge is 0.320 e. The quantitative estimate of drug-likeness (QED) is 0.584. The van der Waals surface area contributed by atoms with Gasteiger partial charge in [-0.15, -0.1) is 0 Å². The van der Waals surface area contributed by atoms with Crippen molar-refractivity contribution in [2.24, 2.45) is 0 Å². The highest BCUT2D eigenvalue weighted by molar-refractivity contribution is 6.30. The SMILES string of the molecule is CC[C@@H](NC(=O)Nc1cc2[nH][nH]c(=O)c2cn1)c1ccc(Cl)cc1. The summed E-state index contributed by atoms with van der Waals surface area (Å²) in [5.74, 6) is 0.348. The molecule has 8 heteroatoms. The fraction of sp³-hybridized carbons (Fsp3) is 0.188. The molecule has 124 valence electrons. The number of H-pyrrole nitrogens is 2. The van der Waals surface area contributed by atoms with E-state index in [-0.39, 0.29) is 17.6 Å². The molecule has 0 spiro atoms. The molecule has 0 unspecified atom stereocenters. The van der Waals surface area contributed by atoms with Crippen LogP contribution < -0.4 is 16.2 Å². The van der Waals surface area contributed by atoms with E-state index >= 15 is 0 Å². The largest absolute Gasteiger partial charge is 0.331 e. The van der Waals surface area contributed by atoms with Crippen LogP contribution in [0.4, 0.5) is 10.6 Å². The minimum absolute atomic E-state index is 0.141. The van der Waals surface area contributed by atoms with Gasteiger partial charge in [-0.2, -0.15) is 0 Å². The Balaban J connectivity index is 1.70. The molecule has 0 aliphatic heterocycles. The van der Waals surface area contributed by atoms with Gasteiger partial charge in [0.25, 0.3) is 5.56 Å². The lowest BCUT2D eigenvalue weighted by molar-refractivity contribution is 0.248. The van der Waals surface area contributed by atoms with Gasteiger partial charge in [-0.1, -0.05) is 30.7 Å². The molecule has 0 bridgehead atoms. The summed E-state index contributed by atoms with van der Waals surface area (Å²) in [6, 6.07) is 8.42. The Hall–Kier alpha value is -2.80. The molecular weight excluding hydrogens is 330 g/mol. The van der Waals surface area contributed by atoms with Gasteiger partial charge in [0.05, 0.1) is 16.9 Å². The van der Waals surface area contributed by atoms with Gasteiger partial charge in [0.15, 0.2) is 0 Å². The molecule has 2 aromatic heterocycles. The molecule has 0 saturated carbocycles. The molecule has 3 aromatic rings. The van der Waals surface area contributed by atoms with Crippen LogP contribution in [0.2, 0.25) is 5.02 Å². The summed E-state index contributed by atoms with van der Waals surface area (Å²) in [5.41, 5.74) is 1.30. The average Bonchev–Trinajstić information content (AvgIpc) is 2.94. The predicted molar refractivity (Wildman–Crippen MR) is 93.4 cm³/mol. The van der Waals surface area contributed by atoms with Crippen molar-refractivity contribution in [3.05, 3.63) is 57.5 Å². The zero-order valence-corrected chi connectivity index (χ0v) is 13.6. The number of rotatable bonds is 4. The van der Waals surface area contributed by atoms with E-state index < -0.39 is 0 Å². The van der Waals surface area contributed by atoms with Gasteiger partial charge in [-0.25, -0.2) is 9.78 Å². The normalized spacial score (nSPS) is 12.1. The molecule has 0 aliphatic carbocycles. The van der Waals surface area contributed by atoms with E-state index in [1.165, 1.54) is 6.20 Å². The number of carbonyl (C=O) groups excluding carboxylic acids is 1. The number of pyridine rings is 1. The van der Waals surface area contributed by atoms with Crippen molar-refractivity contribution in [1.82, 2.24) is 20.5 Å². The first-order chi connectivity index (χ1) is 11.6. The van der Waals surface area contributed by atoms with Crippen LogP contribution in [0, 0.1) is 0 Å². The number of benzene rings is 1. The summed E-state index contributed by atoms with van der Waals surface area (Å²) >= 11 is 5.89. The van der Waals surface area contributed by atoms with Crippen molar-refractivity contribution in [2.75, 3.05) is 5.32 Å². The van der Waals surface area contributed by atoms with Crippen molar-refractivity contribution in [3.63, 3.8) is 0 Å². The lowest BCUT2D eigenvalue weighted by Crippen LogP contribution is -2.32. The number of nitrogens with one attached hydrogen (secondary N) is 4. The molecule has 2 heterocycles. The molecule has 0 aliphatic rings. The van der Waals surface area contributed by atoms with Crippen LogP contribution in [0.1, 0.15) is 24.9 Å². The maximum atomic E-state index is 12.2. The van der Waals surface area contributed by atoms with E-state index in [2.05, 4.69) is 25.8 Å². The van der Waals surface area contributed by atoms with Crippen molar-refractivity contribution in [3.8, 4) is 0 Å². The number of anilines is 1. The fourth-order valence-corrected chi connectivity index (χ4v) is 2.55. The topological polar surface area (TPSA) is 103 Å². The maximum absolute atomic E-state index is 12.2. The van der Waals surface area contributed by atoms with Crippen LogP contribution in [0.25, 0.3) is 10.9 Å². The number of amides is 2. The third kappa shape index (κ3) is 3.41. The number of hydrogen-bond acceptors (Lipinski definition) is 3. The van der Waals surface area contributed by atoms with Gasteiger partial charge in [0.1, 0.15) is 5.82 Å². The van der Waals surface area contributed by atoms with E-state index in [1.807, 2.05) is 19.1 Å². The lowest BCUT2D eigenvalue weighted by Gasteiger charge is -2.17. The van der Waals surface area contributed by atoms with Crippen LogP contribution in [0.15, 0.2) is 41.3 Å². The zero-order valence-electron chi connectivity index (χ0n) is 12.9. The first kappa shape index (κ1) is 16.1. The Morgan fingerprint density at radius 1 is 1.29 bits per heavy atom. The third-order valence-electron chi connectivity index (χ3n) is 3.69. The van der Waals surface area contributed by atoms with E-state index in [4.69, 9.17) is 11.6 Å². The minimum atomic E-state index is -0.374. The van der Waals surface area contributed by atoms with Crippen LogP contribution in [-0.2, 0) is 0 Å². The monoisotopic (exact) mass is 345 g/mol. The standard InChI is InChI=1S/C16H16ClN5O2/c1-2-12(9-3-5-10(17)6-4-9)19-16(24)20-14-7-13-11(8-18-14)15(23)22-21-13/h3-8,12H,2H2,1H3,(H2,21,22,23)(H2,18,19,20,24)/t12-/m1/s1. The third-order valence-corrected chi connectivity index (χ3v) is 3.94. The molecule has 3 rings (SSSR count). The van der Waals surface area contributed by atoms with E-state index in [9.17, 15) is 9.59 Å². The second-order valence-electron chi connectivity index (χ2n) is 5.31. The lowest BCUT2D eigenvalue weighted by atomic mass is 10.1. The Morgan fingerprint density at radius 2 is 2.04 bits per heavy atom. The highest BCUT2D eigenvalue weighted by Crippen LogP contribution is 2.19. The Bertz CT molecular complexity index is 916. The number of hydrogen-bond donors (Lipinski definition) is 4. The first-order valence-corrected chi connectivity index (χ1v) is 7.84. The number of fused-ring (bicyclic) bond motifs is 1. The number of aromatic amines is 2. The summed E-state index contributed by atoms with van der Waals surface area (Å²) in [6.07, 6.45) is 2.14. The van der Waals surface area contributed by atoms with Gasteiger partial charge in [-0.05, 0) is 24.1 Å². The molecule has 0 fully saturated rings. The zero-order chi connectivity index (χ0) is 17.1. The molecule has 0 radical (unpaired) electrons. The summed E-state index contributed by atoms with van der Waals surface area (Å²) in [6.45, 7) is 1.98. The number of halogens is 1. The maximum Gasteiger partial charge on any atom is 0.320 e. The average molecular weight is 346 g/mol. The highest BCUT2D eigenvalue weighted by atomic mass is 35.5. The van der Waals surface area contributed by atoms with Crippen molar-refractivity contribution < 1.29 is 4.79 Å². The summed E-state index contributed by atoms with van der Waals surface area (Å²) in [5, 5.41) is 11.8. The van der Waals surface area contributed by atoms with E-state index in [0.717, 1.165) is 12.0 Å². The molecule has 4 N–H and O–H groups in total. The summed E-state index contributed by atoms with van der Waals surface area (Å²) in [4.78, 5) is 27.7. The van der Waals surface area contributed by atoms with Crippen molar-refractivity contribution >= 4 is 34.4 Å². The van der Waals surface area contributed by atoms with E-state index in [1.54, 1.807) is 18.2 Å². The van der Waals surface area contributed by atoms with Crippen LogP contribution in [0.3, 0.4) is 0 Å². The van der Waals surface area contributed by atoms with Crippen molar-refractivity contribution in [1.29, 1.82) is 0 Å². The van der Waals surface area contributed by atoms with Crippen LogP contribution >= 0.6 is 11.6 Å². The van der Waals surface area contributed by atoms with Gasteiger partial charge in [0.2, 0.25) is 0 Å². The molecule has 1 aromatic carbocycles. The summed E-state index contributed by atoms with van der Waals surface area (Å²) < 4.78 is 0. The Morgan fingerprint density at radius 3 is 2.75 bits per heavy atom. The van der Waals surface area contributed by atoms with E-state index in [0.29, 0.717) is 21.7 Å². The molecular formula is C16H16ClN5O2. The predicted octanol–water partition coefficient (Wildman–Crippen LogP) is 3.18. The molecule has 0 saturated heterocycles. The van der Waals surface area contributed by atoms with Gasteiger partial charge < -0.3 is 5.32 Å². The van der Waals surface area contributed by atoms with Gasteiger partial charge in [0, 0.05) is 17.3 Å². The second kappa shape index (κ2) is 6.76. The van der Waals surface area contributed by atoms with Crippen LogP contribution in [0.5, 0.6) is 0 Å². The number of urea groups is 1. The molecule has 1 atom stereocenters. The number of nitrogens with zero attached hydrogens (tertiary/aromatic N) is 1. The number of carbonyl (C=O) groups is 1. The Kier molecular flexibility index (Phi) is 4.52. The van der Waals surface area contributed by atoms with Crippen LogP contribution in [-0.4, -0.2) is 21.2 Å².